The number of benzene rings is 2. The van der Waals surface area contributed by atoms with Crippen molar-refractivity contribution < 1.29 is 27.1 Å². The molecule has 0 aliphatic carbocycles. The fourth-order valence-corrected chi connectivity index (χ4v) is 4.32. The molecule has 3 aromatic rings. The minimum absolute atomic E-state index is 0.106. The standard InChI is InChI=1S/C27H27F4N3O2/c28-21-10-8-19(9-11-21)25(23-6-3-4-14-32-23)33-26(35)20-12-15-34(16-13-20)17-18-36-24-7-2-1-5-22(24)27(29,30)31/h1-11,14,20,25H,12-13,15-18H2,(H,33,35)/t25-/m1/s1. The molecule has 0 saturated carbocycles. The number of nitrogens with zero attached hydrogens (tertiary/aromatic N) is 2. The van der Waals surface area contributed by atoms with Crippen molar-refractivity contribution in [2.75, 3.05) is 26.2 Å². The van der Waals surface area contributed by atoms with Crippen LogP contribution in [0.5, 0.6) is 5.75 Å². The summed E-state index contributed by atoms with van der Waals surface area (Å²) in [5.41, 5.74) is 0.604. The van der Waals surface area contributed by atoms with Crippen molar-refractivity contribution in [2.24, 2.45) is 5.92 Å². The summed E-state index contributed by atoms with van der Waals surface area (Å²) in [5.74, 6) is -0.853. The van der Waals surface area contributed by atoms with Gasteiger partial charge in [-0.1, -0.05) is 30.3 Å². The Kier molecular flexibility index (Phi) is 8.20. The van der Waals surface area contributed by atoms with Gasteiger partial charge < -0.3 is 10.1 Å². The van der Waals surface area contributed by atoms with Crippen LogP contribution in [-0.4, -0.2) is 42.0 Å². The van der Waals surface area contributed by atoms with E-state index in [-0.39, 0.29) is 30.0 Å². The number of hydrogen-bond donors (Lipinski definition) is 1. The number of amides is 1. The monoisotopic (exact) mass is 501 g/mol. The van der Waals surface area contributed by atoms with E-state index in [1.54, 1.807) is 24.4 Å². The number of rotatable bonds is 8. The van der Waals surface area contributed by atoms with E-state index < -0.39 is 17.8 Å². The maximum atomic E-state index is 13.4. The lowest BCUT2D eigenvalue weighted by Gasteiger charge is -2.32. The van der Waals surface area contributed by atoms with Crippen molar-refractivity contribution in [1.29, 1.82) is 0 Å². The lowest BCUT2D eigenvalue weighted by Crippen LogP contribution is -2.43. The van der Waals surface area contributed by atoms with Gasteiger partial charge in [-0.25, -0.2) is 4.39 Å². The van der Waals surface area contributed by atoms with Gasteiger partial charge in [0.15, 0.2) is 0 Å². The predicted octanol–water partition coefficient (Wildman–Crippen LogP) is 5.24. The Morgan fingerprint density at radius 3 is 2.39 bits per heavy atom. The van der Waals surface area contributed by atoms with Crippen LogP contribution in [0.1, 0.15) is 35.7 Å². The Labute approximate surface area is 207 Å². The molecule has 1 amide bonds. The summed E-state index contributed by atoms with van der Waals surface area (Å²) in [6, 6.07) is 16.1. The van der Waals surface area contributed by atoms with Crippen molar-refractivity contribution in [3.63, 3.8) is 0 Å². The highest BCUT2D eigenvalue weighted by molar-refractivity contribution is 5.79. The number of piperidine rings is 1. The van der Waals surface area contributed by atoms with E-state index in [4.69, 9.17) is 4.74 Å². The molecular weight excluding hydrogens is 474 g/mol. The van der Waals surface area contributed by atoms with Crippen LogP contribution in [-0.2, 0) is 11.0 Å². The number of aromatic nitrogens is 1. The number of halogens is 4. The molecule has 2 heterocycles. The topological polar surface area (TPSA) is 54.5 Å². The van der Waals surface area contributed by atoms with Crippen molar-refractivity contribution in [2.45, 2.75) is 25.1 Å². The highest BCUT2D eigenvalue weighted by Gasteiger charge is 2.34. The van der Waals surface area contributed by atoms with E-state index in [0.29, 0.717) is 38.2 Å². The van der Waals surface area contributed by atoms with Crippen LogP contribution >= 0.6 is 0 Å². The zero-order chi connectivity index (χ0) is 25.5. The number of carbonyl (C=O) groups excluding carboxylic acids is 1. The van der Waals surface area contributed by atoms with Gasteiger partial charge in [-0.15, -0.1) is 0 Å². The van der Waals surface area contributed by atoms with E-state index in [2.05, 4.69) is 15.2 Å². The first-order valence-corrected chi connectivity index (χ1v) is 11.8. The lowest BCUT2D eigenvalue weighted by molar-refractivity contribution is -0.139. The van der Waals surface area contributed by atoms with Gasteiger partial charge in [0.2, 0.25) is 5.91 Å². The maximum absolute atomic E-state index is 13.4. The summed E-state index contributed by atoms with van der Waals surface area (Å²) < 4.78 is 58.2. The fourth-order valence-electron chi connectivity index (χ4n) is 4.32. The number of ether oxygens (including phenoxy) is 1. The van der Waals surface area contributed by atoms with Gasteiger partial charge in [0, 0.05) is 18.7 Å². The molecule has 0 unspecified atom stereocenters. The maximum Gasteiger partial charge on any atom is 0.419 e. The van der Waals surface area contributed by atoms with Crippen molar-refractivity contribution >= 4 is 5.91 Å². The van der Waals surface area contributed by atoms with Crippen molar-refractivity contribution in [3.05, 3.63) is 95.6 Å². The largest absolute Gasteiger partial charge is 0.492 e. The third-order valence-corrected chi connectivity index (χ3v) is 6.29. The summed E-state index contributed by atoms with van der Waals surface area (Å²) in [5, 5.41) is 3.06. The molecule has 9 heteroatoms. The predicted molar refractivity (Wildman–Crippen MR) is 127 cm³/mol. The second-order valence-corrected chi connectivity index (χ2v) is 8.71. The summed E-state index contributed by atoms with van der Waals surface area (Å²) in [4.78, 5) is 19.5. The molecule has 1 atom stereocenters. The number of nitrogens with one attached hydrogen (secondary N) is 1. The van der Waals surface area contributed by atoms with Crippen LogP contribution in [0.2, 0.25) is 0 Å². The average molecular weight is 502 g/mol. The highest BCUT2D eigenvalue weighted by Crippen LogP contribution is 2.35. The molecule has 1 aliphatic heterocycles. The number of pyridine rings is 1. The zero-order valence-corrected chi connectivity index (χ0v) is 19.5. The number of likely N-dealkylation sites (tertiary alicyclic amines) is 1. The SMILES string of the molecule is O=C(N[C@H](c1ccc(F)cc1)c1ccccn1)C1CCN(CCOc2ccccc2C(F)(F)F)CC1. The molecule has 0 radical (unpaired) electrons. The molecule has 5 nitrogen and oxygen atoms in total. The fraction of sp³-hybridized carbons (Fsp3) is 0.333. The Morgan fingerprint density at radius 1 is 1.03 bits per heavy atom. The van der Waals surface area contributed by atoms with Crippen molar-refractivity contribution in [3.8, 4) is 5.75 Å². The van der Waals surface area contributed by atoms with Gasteiger partial charge in [0.1, 0.15) is 18.2 Å². The molecule has 2 aromatic carbocycles. The van der Waals surface area contributed by atoms with Crippen LogP contribution in [0, 0.1) is 11.7 Å². The van der Waals surface area contributed by atoms with Gasteiger partial charge in [0.25, 0.3) is 0 Å². The quantitative estimate of drug-likeness (QED) is 0.429. The minimum Gasteiger partial charge on any atom is -0.492 e. The lowest BCUT2D eigenvalue weighted by atomic mass is 9.94. The number of hydrogen-bond acceptors (Lipinski definition) is 4. The van der Waals surface area contributed by atoms with Crippen LogP contribution in [0.15, 0.2) is 72.9 Å². The van der Waals surface area contributed by atoms with Gasteiger partial charge in [-0.2, -0.15) is 13.2 Å². The normalized spacial score (nSPS) is 15.9. The minimum atomic E-state index is -4.47. The smallest absolute Gasteiger partial charge is 0.419 e. The first kappa shape index (κ1) is 25.6. The Morgan fingerprint density at radius 2 is 1.72 bits per heavy atom. The number of carbonyl (C=O) groups is 1. The van der Waals surface area contributed by atoms with Gasteiger partial charge >= 0.3 is 6.18 Å². The highest BCUT2D eigenvalue weighted by atomic mass is 19.4. The first-order valence-electron chi connectivity index (χ1n) is 11.8. The van der Waals surface area contributed by atoms with Crippen LogP contribution < -0.4 is 10.1 Å². The molecule has 36 heavy (non-hydrogen) atoms. The third kappa shape index (κ3) is 6.60. The summed E-state index contributed by atoms with van der Waals surface area (Å²) in [7, 11) is 0. The molecule has 0 spiro atoms. The molecule has 1 saturated heterocycles. The van der Waals surface area contributed by atoms with Crippen LogP contribution in [0.25, 0.3) is 0 Å². The molecule has 1 aromatic heterocycles. The summed E-state index contributed by atoms with van der Waals surface area (Å²) in [6.45, 7) is 1.85. The Hall–Kier alpha value is -3.46. The number of alkyl halides is 3. The summed E-state index contributed by atoms with van der Waals surface area (Å²) >= 11 is 0. The molecule has 1 aliphatic rings. The zero-order valence-electron chi connectivity index (χ0n) is 19.5. The third-order valence-electron chi connectivity index (χ3n) is 6.29. The van der Waals surface area contributed by atoms with E-state index in [0.717, 1.165) is 11.6 Å². The summed E-state index contributed by atoms with van der Waals surface area (Å²) in [6.07, 6.45) is -1.60. The molecule has 4 rings (SSSR count). The number of para-hydroxylation sites is 1. The van der Waals surface area contributed by atoms with Gasteiger partial charge in [0.05, 0.1) is 17.3 Å². The van der Waals surface area contributed by atoms with E-state index in [1.165, 1.54) is 30.3 Å². The van der Waals surface area contributed by atoms with E-state index in [9.17, 15) is 22.4 Å². The van der Waals surface area contributed by atoms with Gasteiger partial charge in [-0.05, 0) is 67.9 Å². The molecule has 1 N–H and O–H groups in total. The van der Waals surface area contributed by atoms with E-state index >= 15 is 0 Å². The van der Waals surface area contributed by atoms with Crippen LogP contribution in [0.4, 0.5) is 17.6 Å². The second-order valence-electron chi connectivity index (χ2n) is 8.71. The molecule has 190 valence electrons. The Bertz CT molecular complexity index is 1130. The molecular formula is C27H27F4N3O2. The molecule has 0 bridgehead atoms. The first-order chi connectivity index (χ1) is 17.3. The Balaban J connectivity index is 1.30. The van der Waals surface area contributed by atoms with Crippen LogP contribution in [0.3, 0.4) is 0 Å². The molecule has 1 fully saturated rings. The van der Waals surface area contributed by atoms with Crippen molar-refractivity contribution in [1.82, 2.24) is 15.2 Å². The second kappa shape index (κ2) is 11.5. The van der Waals surface area contributed by atoms with E-state index in [1.807, 2.05) is 12.1 Å². The van der Waals surface area contributed by atoms with Gasteiger partial charge in [-0.3, -0.25) is 14.7 Å². The average Bonchev–Trinajstić information content (AvgIpc) is 2.88.